The molecule has 98 valence electrons. The van der Waals surface area contributed by atoms with E-state index in [9.17, 15) is 0 Å². The van der Waals surface area contributed by atoms with Crippen LogP contribution in [0.25, 0.3) is 10.8 Å². The Kier molecular flexibility index (Phi) is 4.01. The summed E-state index contributed by atoms with van der Waals surface area (Å²) >= 11 is 3.30. The zero-order valence-corrected chi connectivity index (χ0v) is 12.3. The molecule has 2 aromatic rings. The van der Waals surface area contributed by atoms with Crippen molar-refractivity contribution in [2.75, 3.05) is 6.26 Å². The second-order valence-corrected chi connectivity index (χ2v) is 6.02. The number of rotatable bonds is 3. The van der Waals surface area contributed by atoms with E-state index in [2.05, 4.69) is 16.2 Å². The second kappa shape index (κ2) is 5.21. The lowest BCUT2D eigenvalue weighted by Gasteiger charge is -2.34. The molecule has 0 bridgehead atoms. The summed E-state index contributed by atoms with van der Waals surface area (Å²) in [6.07, 6.45) is 5.09. The maximum absolute atomic E-state index is 6.17. The van der Waals surface area contributed by atoms with Crippen LogP contribution < -0.4 is 5.73 Å². The van der Waals surface area contributed by atoms with Crippen molar-refractivity contribution in [3.8, 4) is 10.8 Å². The third-order valence-electron chi connectivity index (χ3n) is 3.16. The summed E-state index contributed by atoms with van der Waals surface area (Å²) in [5.74, 6) is 1.25. The van der Waals surface area contributed by atoms with Crippen molar-refractivity contribution in [2.45, 2.75) is 29.7 Å². The van der Waals surface area contributed by atoms with Crippen molar-refractivity contribution in [1.82, 2.24) is 10.1 Å². The molecule has 0 aromatic carbocycles. The van der Waals surface area contributed by atoms with E-state index in [-0.39, 0.29) is 17.9 Å². The van der Waals surface area contributed by atoms with E-state index in [1.54, 1.807) is 23.1 Å². The van der Waals surface area contributed by atoms with Gasteiger partial charge in [0.25, 0.3) is 5.89 Å². The Morgan fingerprint density at radius 3 is 2.89 bits per heavy atom. The fourth-order valence-electron chi connectivity index (χ4n) is 1.91. The van der Waals surface area contributed by atoms with Gasteiger partial charge < -0.3 is 10.3 Å². The molecule has 0 aliphatic heterocycles. The average Bonchev–Trinajstić information content (AvgIpc) is 2.93. The molecule has 0 atom stereocenters. The van der Waals surface area contributed by atoms with Crippen LogP contribution in [0, 0.1) is 0 Å². The number of thioether (sulfide) groups is 1. The molecule has 0 amide bonds. The number of hydrogen-bond acceptors (Lipinski definition) is 6. The van der Waals surface area contributed by atoms with Gasteiger partial charge in [0.15, 0.2) is 5.82 Å². The van der Waals surface area contributed by atoms with Crippen LogP contribution in [-0.2, 0) is 5.54 Å². The zero-order valence-electron chi connectivity index (χ0n) is 9.88. The summed E-state index contributed by atoms with van der Waals surface area (Å²) < 4.78 is 5.33. The van der Waals surface area contributed by atoms with Crippen LogP contribution in [0.15, 0.2) is 20.9 Å². The number of aromatic nitrogens is 2. The fraction of sp³-hybridized carbons (Fsp3) is 0.455. The monoisotopic (exact) mass is 303 g/mol. The van der Waals surface area contributed by atoms with Crippen LogP contribution >= 0.6 is 35.5 Å². The van der Waals surface area contributed by atoms with E-state index in [0.717, 1.165) is 24.1 Å². The molecule has 0 radical (unpaired) electrons. The molecule has 2 N–H and O–H groups in total. The van der Waals surface area contributed by atoms with Gasteiger partial charge in [-0.05, 0) is 37.0 Å². The second-order valence-electron chi connectivity index (χ2n) is 4.25. The van der Waals surface area contributed by atoms with E-state index >= 15 is 0 Å². The molecule has 1 aliphatic rings. The Bertz CT molecular complexity index is 536. The van der Waals surface area contributed by atoms with Crippen molar-refractivity contribution in [2.24, 2.45) is 5.73 Å². The minimum absolute atomic E-state index is 0. The zero-order chi connectivity index (χ0) is 11.9. The Morgan fingerprint density at radius 1 is 1.50 bits per heavy atom. The van der Waals surface area contributed by atoms with Crippen molar-refractivity contribution in [3.05, 3.63) is 17.3 Å². The van der Waals surface area contributed by atoms with Crippen LogP contribution in [0.2, 0.25) is 0 Å². The smallest absolute Gasteiger partial charge is 0.269 e. The Hall–Kier alpha value is -0.560. The lowest BCUT2D eigenvalue weighted by Crippen LogP contribution is -2.44. The molecule has 2 aromatic heterocycles. The predicted octanol–water partition coefficient (Wildman–Crippen LogP) is 3.28. The summed E-state index contributed by atoms with van der Waals surface area (Å²) in [6, 6.07) is 2.07. The Labute approximate surface area is 120 Å². The number of nitrogens with zero attached hydrogens (tertiary/aromatic N) is 2. The van der Waals surface area contributed by atoms with Crippen LogP contribution in [0.3, 0.4) is 0 Å². The highest BCUT2D eigenvalue weighted by Crippen LogP contribution is 2.39. The summed E-state index contributed by atoms with van der Waals surface area (Å²) in [5, 5.41) is 6.06. The maximum atomic E-state index is 6.17. The van der Waals surface area contributed by atoms with E-state index < -0.39 is 0 Å². The first-order valence-corrected chi connectivity index (χ1v) is 7.58. The van der Waals surface area contributed by atoms with Crippen molar-refractivity contribution in [1.29, 1.82) is 0 Å². The number of thiophene rings is 1. The first kappa shape index (κ1) is 13.9. The van der Waals surface area contributed by atoms with E-state index in [1.807, 2.05) is 11.6 Å². The molecule has 1 aliphatic carbocycles. The van der Waals surface area contributed by atoms with E-state index in [4.69, 9.17) is 10.3 Å². The highest BCUT2D eigenvalue weighted by molar-refractivity contribution is 7.98. The van der Waals surface area contributed by atoms with Gasteiger partial charge in [-0.3, -0.25) is 0 Å². The molecule has 4 nitrogen and oxygen atoms in total. The summed E-state index contributed by atoms with van der Waals surface area (Å²) in [5.41, 5.74) is 5.83. The molecule has 1 saturated carbocycles. The summed E-state index contributed by atoms with van der Waals surface area (Å²) in [4.78, 5) is 6.66. The van der Waals surface area contributed by atoms with Gasteiger partial charge in [-0.15, -0.1) is 35.5 Å². The minimum Gasteiger partial charge on any atom is -0.333 e. The van der Waals surface area contributed by atoms with Gasteiger partial charge in [-0.2, -0.15) is 4.98 Å². The molecule has 0 unspecified atom stereocenters. The van der Waals surface area contributed by atoms with Crippen molar-refractivity contribution in [3.63, 3.8) is 0 Å². The molecular formula is C11H14ClN3OS2. The van der Waals surface area contributed by atoms with Gasteiger partial charge >= 0.3 is 0 Å². The number of halogens is 1. The molecular weight excluding hydrogens is 290 g/mol. The largest absolute Gasteiger partial charge is 0.333 e. The molecule has 0 spiro atoms. The average molecular weight is 304 g/mol. The first-order chi connectivity index (χ1) is 8.23. The maximum Gasteiger partial charge on any atom is 0.269 e. The lowest BCUT2D eigenvalue weighted by atomic mass is 9.77. The Morgan fingerprint density at radius 2 is 2.28 bits per heavy atom. The van der Waals surface area contributed by atoms with E-state index in [1.165, 1.54) is 4.90 Å². The standard InChI is InChI=1S/C11H13N3OS2.ClH/c1-16-7-3-6-17-8(7)9-13-10(14-15-9)11(12)4-2-5-11;/h3,6H,2,4-5,12H2,1H3;1H. The molecule has 7 heteroatoms. The molecule has 18 heavy (non-hydrogen) atoms. The molecule has 1 fully saturated rings. The van der Waals surface area contributed by atoms with Gasteiger partial charge in [-0.25, -0.2) is 0 Å². The number of hydrogen-bond donors (Lipinski definition) is 1. The fourth-order valence-corrected chi connectivity index (χ4v) is 3.58. The molecule has 2 heterocycles. The third kappa shape index (κ3) is 2.18. The van der Waals surface area contributed by atoms with Crippen LogP contribution in [-0.4, -0.2) is 16.4 Å². The topological polar surface area (TPSA) is 64.9 Å². The molecule has 3 rings (SSSR count). The van der Waals surface area contributed by atoms with Gasteiger partial charge in [-0.1, -0.05) is 5.16 Å². The van der Waals surface area contributed by atoms with Crippen LogP contribution in [0.1, 0.15) is 25.1 Å². The van der Waals surface area contributed by atoms with Crippen LogP contribution in [0.5, 0.6) is 0 Å². The van der Waals surface area contributed by atoms with Gasteiger partial charge in [0, 0.05) is 4.90 Å². The summed E-state index contributed by atoms with van der Waals surface area (Å²) in [6.45, 7) is 0. The SMILES string of the molecule is CSc1ccsc1-c1nc(C2(N)CCC2)no1.Cl. The van der Waals surface area contributed by atoms with Crippen molar-refractivity contribution < 1.29 is 4.52 Å². The van der Waals surface area contributed by atoms with Gasteiger partial charge in [0.05, 0.1) is 5.54 Å². The first-order valence-electron chi connectivity index (χ1n) is 5.48. The number of nitrogens with two attached hydrogens (primary N) is 1. The van der Waals surface area contributed by atoms with Crippen molar-refractivity contribution >= 4 is 35.5 Å². The highest BCUT2D eigenvalue weighted by Gasteiger charge is 2.39. The summed E-state index contributed by atoms with van der Waals surface area (Å²) in [7, 11) is 0. The van der Waals surface area contributed by atoms with Gasteiger partial charge in [0.1, 0.15) is 4.88 Å². The van der Waals surface area contributed by atoms with Crippen LogP contribution in [0.4, 0.5) is 0 Å². The third-order valence-corrected chi connectivity index (χ3v) is 4.97. The Balaban J connectivity index is 0.00000120. The normalized spacial score (nSPS) is 17.0. The lowest BCUT2D eigenvalue weighted by molar-refractivity contribution is 0.229. The molecule has 0 saturated heterocycles. The quantitative estimate of drug-likeness (QED) is 0.882. The highest BCUT2D eigenvalue weighted by atomic mass is 35.5. The predicted molar refractivity (Wildman–Crippen MR) is 76.4 cm³/mol. The minimum atomic E-state index is -0.349. The van der Waals surface area contributed by atoms with E-state index in [0.29, 0.717) is 11.7 Å². The van der Waals surface area contributed by atoms with Gasteiger partial charge in [0.2, 0.25) is 0 Å².